The van der Waals surface area contributed by atoms with Crippen molar-refractivity contribution in [2.45, 2.75) is 6.42 Å². The van der Waals surface area contributed by atoms with E-state index in [-0.39, 0.29) is 0 Å². The van der Waals surface area contributed by atoms with Crippen LogP contribution in [0.15, 0.2) is 51.4 Å². The number of ether oxygens (including phenoxy) is 1. The Kier molecular flexibility index (Phi) is 4.80. The van der Waals surface area contributed by atoms with Gasteiger partial charge in [0.1, 0.15) is 11.5 Å². The third-order valence-corrected chi connectivity index (χ3v) is 3.50. The van der Waals surface area contributed by atoms with Gasteiger partial charge in [-0.2, -0.15) is 0 Å². The molecule has 0 aliphatic heterocycles. The van der Waals surface area contributed by atoms with E-state index in [2.05, 4.69) is 31.9 Å². The van der Waals surface area contributed by atoms with Crippen molar-refractivity contribution in [3.63, 3.8) is 0 Å². The molecule has 4 heteroatoms. The maximum atomic E-state index is 5.87. The molecule has 2 rings (SSSR count). The van der Waals surface area contributed by atoms with Gasteiger partial charge in [-0.1, -0.05) is 31.9 Å². The highest BCUT2D eigenvalue weighted by molar-refractivity contribution is 9.10. The van der Waals surface area contributed by atoms with Gasteiger partial charge in [-0.3, -0.25) is 0 Å². The normalized spacial score (nSPS) is 10.4. The fraction of sp³-hybridized carbons (Fsp3) is 0.143. The van der Waals surface area contributed by atoms with E-state index in [1.807, 2.05) is 42.5 Å². The highest BCUT2D eigenvalue weighted by Crippen LogP contribution is 2.29. The number of halogens is 2. The molecule has 0 saturated carbocycles. The number of hydrogen-bond acceptors (Lipinski definition) is 2. The summed E-state index contributed by atoms with van der Waals surface area (Å²) in [6.07, 6.45) is 0.797. The molecule has 0 atom stereocenters. The first-order valence-electron chi connectivity index (χ1n) is 5.61. The fourth-order valence-electron chi connectivity index (χ4n) is 1.63. The molecule has 0 aromatic heterocycles. The van der Waals surface area contributed by atoms with E-state index in [9.17, 15) is 0 Å². The van der Waals surface area contributed by atoms with Gasteiger partial charge in [-0.25, -0.2) is 0 Å². The van der Waals surface area contributed by atoms with E-state index in [0.717, 1.165) is 32.4 Å². The highest BCUT2D eigenvalue weighted by atomic mass is 79.9. The quantitative estimate of drug-likeness (QED) is 0.859. The van der Waals surface area contributed by atoms with Crippen molar-refractivity contribution < 1.29 is 4.74 Å². The van der Waals surface area contributed by atoms with Gasteiger partial charge in [0, 0.05) is 8.95 Å². The molecule has 0 aliphatic rings. The zero-order valence-corrected chi connectivity index (χ0v) is 12.9. The predicted molar refractivity (Wildman–Crippen MR) is 81.1 cm³/mol. The zero-order valence-electron chi connectivity index (χ0n) is 9.70. The standard InChI is InChI=1S/C14H13Br2NO/c15-11-1-4-13(5-2-11)18-14-6-3-12(16)9-10(14)7-8-17/h1-6,9H,7-8,17H2. The second-order valence-corrected chi connectivity index (χ2v) is 5.68. The summed E-state index contributed by atoms with van der Waals surface area (Å²) in [4.78, 5) is 0. The molecule has 2 nitrogen and oxygen atoms in total. The van der Waals surface area contributed by atoms with Crippen LogP contribution >= 0.6 is 31.9 Å². The topological polar surface area (TPSA) is 35.2 Å². The van der Waals surface area contributed by atoms with Crippen LogP contribution in [0, 0.1) is 0 Å². The highest BCUT2D eigenvalue weighted by Gasteiger charge is 2.05. The van der Waals surface area contributed by atoms with Crippen LogP contribution in [0.3, 0.4) is 0 Å². The van der Waals surface area contributed by atoms with Gasteiger partial charge in [0.05, 0.1) is 0 Å². The van der Waals surface area contributed by atoms with E-state index in [1.165, 1.54) is 0 Å². The van der Waals surface area contributed by atoms with Crippen LogP contribution in [-0.2, 0) is 6.42 Å². The molecule has 0 heterocycles. The summed E-state index contributed by atoms with van der Waals surface area (Å²) in [7, 11) is 0. The lowest BCUT2D eigenvalue weighted by Gasteiger charge is -2.11. The second kappa shape index (κ2) is 6.36. The Morgan fingerprint density at radius 1 is 0.944 bits per heavy atom. The van der Waals surface area contributed by atoms with Gasteiger partial charge >= 0.3 is 0 Å². The van der Waals surface area contributed by atoms with E-state index in [0.29, 0.717) is 6.54 Å². The second-order valence-electron chi connectivity index (χ2n) is 3.85. The van der Waals surface area contributed by atoms with Gasteiger partial charge in [0.2, 0.25) is 0 Å². The molecule has 2 N–H and O–H groups in total. The molecule has 2 aromatic carbocycles. The summed E-state index contributed by atoms with van der Waals surface area (Å²) < 4.78 is 7.95. The Bertz CT molecular complexity index is 526. The third-order valence-electron chi connectivity index (χ3n) is 2.48. The molecule has 0 unspecified atom stereocenters. The number of rotatable bonds is 4. The maximum absolute atomic E-state index is 5.87. The van der Waals surface area contributed by atoms with E-state index in [4.69, 9.17) is 10.5 Å². The lowest BCUT2D eigenvalue weighted by atomic mass is 10.1. The van der Waals surface area contributed by atoms with Crippen LogP contribution in [0.25, 0.3) is 0 Å². The molecule has 0 amide bonds. The van der Waals surface area contributed by atoms with Crippen molar-refractivity contribution >= 4 is 31.9 Å². The molecule has 0 aliphatic carbocycles. The number of benzene rings is 2. The summed E-state index contributed by atoms with van der Waals surface area (Å²) >= 11 is 6.86. The monoisotopic (exact) mass is 369 g/mol. The minimum Gasteiger partial charge on any atom is -0.457 e. The van der Waals surface area contributed by atoms with Crippen LogP contribution < -0.4 is 10.5 Å². The molecular weight excluding hydrogens is 358 g/mol. The van der Waals surface area contributed by atoms with Crippen molar-refractivity contribution in [3.8, 4) is 11.5 Å². The van der Waals surface area contributed by atoms with Crippen LogP contribution in [-0.4, -0.2) is 6.54 Å². The number of nitrogens with two attached hydrogens (primary N) is 1. The summed E-state index contributed by atoms with van der Waals surface area (Å²) in [5.41, 5.74) is 6.72. The Balaban J connectivity index is 2.25. The first-order chi connectivity index (χ1) is 8.69. The number of hydrogen-bond donors (Lipinski definition) is 1. The molecule has 0 fully saturated rings. The zero-order chi connectivity index (χ0) is 13.0. The lowest BCUT2D eigenvalue weighted by molar-refractivity contribution is 0.476. The van der Waals surface area contributed by atoms with Crippen LogP contribution in [0.1, 0.15) is 5.56 Å². The molecular formula is C14H13Br2NO. The average molecular weight is 371 g/mol. The van der Waals surface area contributed by atoms with Crippen molar-refractivity contribution in [2.24, 2.45) is 5.73 Å². The van der Waals surface area contributed by atoms with Gasteiger partial charge in [0.25, 0.3) is 0 Å². The summed E-state index contributed by atoms with van der Waals surface area (Å²) in [5.74, 6) is 1.67. The third kappa shape index (κ3) is 3.57. The minimum absolute atomic E-state index is 0.604. The maximum Gasteiger partial charge on any atom is 0.130 e. The Morgan fingerprint density at radius 3 is 2.28 bits per heavy atom. The lowest BCUT2D eigenvalue weighted by Crippen LogP contribution is -2.04. The summed E-state index contributed by atoms with van der Waals surface area (Å²) in [5, 5.41) is 0. The molecule has 18 heavy (non-hydrogen) atoms. The molecule has 0 saturated heterocycles. The average Bonchev–Trinajstić information content (AvgIpc) is 2.36. The van der Waals surface area contributed by atoms with E-state index < -0.39 is 0 Å². The first-order valence-corrected chi connectivity index (χ1v) is 7.19. The SMILES string of the molecule is NCCc1cc(Br)ccc1Oc1ccc(Br)cc1. The van der Waals surface area contributed by atoms with Gasteiger partial charge in [-0.05, 0) is 61.0 Å². The molecule has 0 spiro atoms. The predicted octanol–water partition coefficient (Wildman–Crippen LogP) is 4.51. The van der Waals surface area contributed by atoms with E-state index in [1.54, 1.807) is 0 Å². The van der Waals surface area contributed by atoms with Crippen LogP contribution in [0.5, 0.6) is 11.5 Å². The minimum atomic E-state index is 0.604. The molecule has 2 aromatic rings. The van der Waals surface area contributed by atoms with Gasteiger partial charge in [0.15, 0.2) is 0 Å². The van der Waals surface area contributed by atoms with Crippen molar-refractivity contribution in [2.75, 3.05) is 6.54 Å². The Morgan fingerprint density at radius 2 is 1.61 bits per heavy atom. The summed E-state index contributed by atoms with van der Waals surface area (Å²) in [6, 6.07) is 13.7. The molecule has 0 radical (unpaired) electrons. The van der Waals surface area contributed by atoms with Gasteiger partial charge < -0.3 is 10.5 Å². The van der Waals surface area contributed by atoms with E-state index >= 15 is 0 Å². The smallest absolute Gasteiger partial charge is 0.130 e. The van der Waals surface area contributed by atoms with Crippen LogP contribution in [0.2, 0.25) is 0 Å². The van der Waals surface area contributed by atoms with Crippen molar-refractivity contribution in [1.82, 2.24) is 0 Å². The van der Waals surface area contributed by atoms with Crippen LogP contribution in [0.4, 0.5) is 0 Å². The summed E-state index contributed by atoms with van der Waals surface area (Å²) in [6.45, 7) is 0.604. The molecule has 94 valence electrons. The van der Waals surface area contributed by atoms with Crippen molar-refractivity contribution in [1.29, 1.82) is 0 Å². The van der Waals surface area contributed by atoms with Gasteiger partial charge in [-0.15, -0.1) is 0 Å². The Hall–Kier alpha value is -0.840. The first kappa shape index (κ1) is 13.6. The van der Waals surface area contributed by atoms with Crippen molar-refractivity contribution in [3.05, 3.63) is 57.0 Å². The molecule has 0 bridgehead atoms. The fourth-order valence-corrected chi connectivity index (χ4v) is 2.30. The largest absolute Gasteiger partial charge is 0.457 e. The Labute approximate surface area is 123 Å².